The van der Waals surface area contributed by atoms with E-state index in [2.05, 4.69) is 14.5 Å². The molecule has 0 aromatic carbocycles. The van der Waals surface area contributed by atoms with Gasteiger partial charge in [0.15, 0.2) is 6.10 Å². The van der Waals surface area contributed by atoms with Crippen molar-refractivity contribution in [2.24, 2.45) is 0 Å². The van der Waals surface area contributed by atoms with Crippen molar-refractivity contribution in [2.75, 3.05) is 13.2 Å². The highest BCUT2D eigenvalue weighted by Crippen LogP contribution is 1.96. The van der Waals surface area contributed by atoms with Crippen LogP contribution in [0.5, 0.6) is 0 Å². The van der Waals surface area contributed by atoms with E-state index in [0.717, 1.165) is 6.92 Å². The number of aliphatic carboxylic acids is 1. The lowest BCUT2D eigenvalue weighted by Gasteiger charge is -2.11. The number of nitrogens with zero attached hydrogens (tertiary/aromatic N) is 3. The van der Waals surface area contributed by atoms with Gasteiger partial charge >= 0.3 is 0 Å². The van der Waals surface area contributed by atoms with Gasteiger partial charge in [-0.25, -0.2) is 0 Å². The molecule has 14 nitrogen and oxygen atoms in total. The maximum atomic E-state index is 9.83. The summed E-state index contributed by atoms with van der Waals surface area (Å²) < 4.78 is 0. The Bertz CT molecular complexity index is 308. The first-order chi connectivity index (χ1) is 8.65. The molecule has 0 heterocycles. The molecule has 0 unspecified atom stereocenters. The van der Waals surface area contributed by atoms with E-state index in [1.807, 2.05) is 0 Å². The molecule has 0 saturated heterocycles. The van der Waals surface area contributed by atoms with Crippen molar-refractivity contribution in [3.8, 4) is 0 Å². The number of rotatable bonds is 8. The predicted octanol–water partition coefficient (Wildman–Crippen LogP) is -0.929. The molecule has 19 heavy (non-hydrogen) atoms. The van der Waals surface area contributed by atoms with Gasteiger partial charge < -0.3 is 19.6 Å². The van der Waals surface area contributed by atoms with Crippen LogP contribution in [0.25, 0.3) is 0 Å². The third kappa shape index (κ3) is 21.0. The Morgan fingerprint density at radius 2 is 1.37 bits per heavy atom. The highest BCUT2D eigenvalue weighted by Gasteiger charge is 2.17. The van der Waals surface area contributed by atoms with Crippen molar-refractivity contribution in [3.63, 3.8) is 0 Å². The molecular formula is C5H9N3O11. The zero-order valence-electron chi connectivity index (χ0n) is 9.36. The van der Waals surface area contributed by atoms with E-state index in [1.165, 1.54) is 0 Å². The largest absolute Gasteiger partial charge is 0.481 e. The third-order valence-corrected chi connectivity index (χ3v) is 0.967. The Labute approximate surface area is 103 Å². The standard InChI is InChI=1S/C3H5N3O9.C2H4O2/c7-4(8)13-1-3(15-6(11)12)2-14-5(9)10;1-2(3)4/h3H,1-2H2;1H3,(H,3,4). The minimum absolute atomic E-state index is 0.833. The molecule has 14 heteroatoms. The van der Waals surface area contributed by atoms with Crippen LogP contribution >= 0.6 is 0 Å². The highest BCUT2D eigenvalue weighted by atomic mass is 17.0. The summed E-state index contributed by atoms with van der Waals surface area (Å²) in [5.74, 6) is -0.833. The Morgan fingerprint density at radius 1 is 1.05 bits per heavy atom. The van der Waals surface area contributed by atoms with E-state index in [-0.39, 0.29) is 0 Å². The normalized spacial score (nSPS) is 8.74. The number of hydrogen-bond donors (Lipinski definition) is 1. The molecule has 0 spiro atoms. The fraction of sp³-hybridized carbons (Fsp3) is 0.800. The first-order valence-corrected chi connectivity index (χ1v) is 4.20. The van der Waals surface area contributed by atoms with Gasteiger partial charge in [0.1, 0.15) is 13.2 Å². The van der Waals surface area contributed by atoms with Crippen molar-refractivity contribution in [2.45, 2.75) is 13.0 Å². The van der Waals surface area contributed by atoms with Crippen LogP contribution in [0.4, 0.5) is 0 Å². The Balaban J connectivity index is 0. The molecule has 0 fully saturated rings. The van der Waals surface area contributed by atoms with Crippen LogP contribution < -0.4 is 0 Å². The van der Waals surface area contributed by atoms with Crippen LogP contribution in [0.2, 0.25) is 0 Å². The van der Waals surface area contributed by atoms with Crippen molar-refractivity contribution in [1.82, 2.24) is 0 Å². The lowest BCUT2D eigenvalue weighted by atomic mass is 10.4. The van der Waals surface area contributed by atoms with E-state index in [0.29, 0.717) is 0 Å². The summed E-state index contributed by atoms with van der Waals surface area (Å²) in [6.07, 6.45) is -1.55. The first kappa shape index (κ1) is 18.4. The number of carboxylic acid groups (broad SMARTS) is 1. The highest BCUT2D eigenvalue weighted by molar-refractivity contribution is 5.62. The van der Waals surface area contributed by atoms with Gasteiger partial charge in [0, 0.05) is 6.92 Å². The molecule has 0 aromatic rings. The maximum absolute atomic E-state index is 9.83. The average molecular weight is 287 g/mol. The van der Waals surface area contributed by atoms with Crippen LogP contribution in [-0.4, -0.2) is 45.7 Å². The van der Waals surface area contributed by atoms with Gasteiger partial charge in [-0.15, -0.1) is 30.3 Å². The summed E-state index contributed by atoms with van der Waals surface area (Å²) in [6, 6.07) is 0. The number of carboxylic acids is 1. The molecule has 0 saturated carbocycles. The molecule has 1 N–H and O–H groups in total. The predicted molar refractivity (Wildman–Crippen MR) is 51.1 cm³/mol. The topological polar surface area (TPSA) is 194 Å². The van der Waals surface area contributed by atoms with Crippen molar-refractivity contribution in [3.05, 3.63) is 30.3 Å². The Kier molecular flexibility index (Phi) is 9.93. The van der Waals surface area contributed by atoms with Crippen molar-refractivity contribution >= 4 is 5.97 Å². The van der Waals surface area contributed by atoms with Crippen LogP contribution in [0.15, 0.2) is 0 Å². The fourth-order valence-corrected chi connectivity index (χ4v) is 0.519. The van der Waals surface area contributed by atoms with E-state index >= 15 is 0 Å². The summed E-state index contributed by atoms with van der Waals surface area (Å²) >= 11 is 0. The van der Waals surface area contributed by atoms with Crippen molar-refractivity contribution < 1.29 is 39.7 Å². The van der Waals surface area contributed by atoms with Crippen LogP contribution in [-0.2, 0) is 19.3 Å². The Morgan fingerprint density at radius 3 is 1.58 bits per heavy atom. The molecule has 0 amide bonds. The van der Waals surface area contributed by atoms with E-state index in [9.17, 15) is 30.3 Å². The van der Waals surface area contributed by atoms with Gasteiger partial charge in [-0.2, -0.15) is 0 Å². The summed E-state index contributed by atoms with van der Waals surface area (Å²) in [4.78, 5) is 49.5. The van der Waals surface area contributed by atoms with Crippen molar-refractivity contribution in [1.29, 1.82) is 0 Å². The van der Waals surface area contributed by atoms with Gasteiger partial charge in [-0.3, -0.25) is 4.79 Å². The molecule has 0 aromatic heterocycles. The minimum Gasteiger partial charge on any atom is -0.481 e. The lowest BCUT2D eigenvalue weighted by Crippen LogP contribution is -2.30. The minimum atomic E-state index is -1.55. The summed E-state index contributed by atoms with van der Waals surface area (Å²) in [5.41, 5.74) is 0. The maximum Gasteiger partial charge on any atom is 0.300 e. The van der Waals surface area contributed by atoms with Gasteiger partial charge in [0.2, 0.25) is 0 Å². The summed E-state index contributed by atoms with van der Waals surface area (Å²) in [5, 5.41) is 33.0. The van der Waals surface area contributed by atoms with Gasteiger partial charge in [-0.05, 0) is 0 Å². The molecule has 0 aliphatic heterocycles. The number of hydrogen-bond acceptors (Lipinski definition) is 10. The van der Waals surface area contributed by atoms with E-state index in [4.69, 9.17) is 9.90 Å². The van der Waals surface area contributed by atoms with Crippen LogP contribution in [0.1, 0.15) is 6.92 Å². The molecule has 0 bridgehead atoms. The first-order valence-electron chi connectivity index (χ1n) is 4.20. The fourth-order valence-electron chi connectivity index (χ4n) is 0.519. The molecule has 110 valence electrons. The molecule has 0 atom stereocenters. The quantitative estimate of drug-likeness (QED) is 0.427. The second-order valence-corrected chi connectivity index (χ2v) is 2.51. The third-order valence-electron chi connectivity index (χ3n) is 0.967. The second kappa shape index (κ2) is 10.2. The molecule has 0 aliphatic carbocycles. The molecule has 0 rings (SSSR count). The van der Waals surface area contributed by atoms with E-state index < -0.39 is 40.5 Å². The molecular weight excluding hydrogens is 278 g/mol. The summed E-state index contributed by atoms with van der Waals surface area (Å²) in [6.45, 7) is -0.608. The monoisotopic (exact) mass is 287 g/mol. The number of carbonyl (C=O) groups is 1. The van der Waals surface area contributed by atoms with Gasteiger partial charge in [-0.1, -0.05) is 0 Å². The van der Waals surface area contributed by atoms with Gasteiger partial charge in [0.25, 0.3) is 21.2 Å². The zero-order chi connectivity index (χ0) is 15.4. The van der Waals surface area contributed by atoms with E-state index in [1.54, 1.807) is 0 Å². The lowest BCUT2D eigenvalue weighted by molar-refractivity contribution is -0.803. The smallest absolute Gasteiger partial charge is 0.300 e. The second-order valence-electron chi connectivity index (χ2n) is 2.51. The zero-order valence-corrected chi connectivity index (χ0v) is 9.36. The van der Waals surface area contributed by atoms with Gasteiger partial charge in [0.05, 0.1) is 0 Å². The Hall–Kier alpha value is -2.93. The molecule has 0 aliphatic rings. The van der Waals surface area contributed by atoms with Crippen LogP contribution in [0, 0.1) is 30.3 Å². The summed E-state index contributed by atoms with van der Waals surface area (Å²) in [7, 11) is 0. The molecule has 0 radical (unpaired) electrons. The average Bonchev–Trinajstić information content (AvgIpc) is 2.20. The van der Waals surface area contributed by atoms with Crippen LogP contribution in [0.3, 0.4) is 0 Å². The SMILES string of the molecule is CC(=O)O.O=[N+]([O-])OCC(CO[N+](=O)[O-])O[N+](=O)[O-].